The van der Waals surface area contributed by atoms with E-state index in [1.807, 2.05) is 42.6 Å². The van der Waals surface area contributed by atoms with Gasteiger partial charge >= 0.3 is 0 Å². The van der Waals surface area contributed by atoms with Crippen LogP contribution in [0, 0.1) is 0 Å². The number of benzene rings is 2. The predicted molar refractivity (Wildman–Crippen MR) is 141 cm³/mol. The van der Waals surface area contributed by atoms with E-state index in [9.17, 15) is 13.2 Å². The van der Waals surface area contributed by atoms with Gasteiger partial charge in [-0.3, -0.25) is 4.79 Å². The van der Waals surface area contributed by atoms with Gasteiger partial charge in [0.05, 0.1) is 24.6 Å². The van der Waals surface area contributed by atoms with E-state index in [4.69, 9.17) is 21.1 Å². The van der Waals surface area contributed by atoms with Crippen LogP contribution in [0.15, 0.2) is 64.9 Å². The maximum atomic E-state index is 13.6. The van der Waals surface area contributed by atoms with Crippen LogP contribution < -0.4 is 9.47 Å². The molecule has 3 aromatic rings. The molecule has 0 N–H and O–H groups in total. The van der Waals surface area contributed by atoms with Crippen molar-refractivity contribution < 1.29 is 22.7 Å². The van der Waals surface area contributed by atoms with E-state index in [0.717, 1.165) is 12.0 Å². The second kappa shape index (κ2) is 11.6. The third-order valence-electron chi connectivity index (χ3n) is 6.12. The van der Waals surface area contributed by atoms with E-state index in [1.54, 1.807) is 23.3 Å². The Bertz CT molecular complexity index is 1290. The first-order chi connectivity index (χ1) is 17.3. The molecule has 192 valence electrons. The first-order valence-electron chi connectivity index (χ1n) is 11.7. The number of rotatable bonds is 10. The zero-order chi connectivity index (χ0) is 25.7. The van der Waals surface area contributed by atoms with Gasteiger partial charge in [-0.05, 0) is 66.2 Å². The predicted octanol–water partition coefficient (Wildman–Crippen LogP) is 5.02. The van der Waals surface area contributed by atoms with Gasteiger partial charge in [0.2, 0.25) is 15.9 Å². The van der Waals surface area contributed by atoms with Crippen molar-refractivity contribution in [3.63, 3.8) is 0 Å². The Morgan fingerprint density at radius 2 is 1.86 bits per heavy atom. The van der Waals surface area contributed by atoms with Gasteiger partial charge in [-0.25, -0.2) is 8.42 Å². The molecule has 1 aliphatic rings. The summed E-state index contributed by atoms with van der Waals surface area (Å²) in [5.41, 5.74) is 1.04. The Hall–Kier alpha value is -2.59. The van der Waals surface area contributed by atoms with Crippen molar-refractivity contribution in [2.45, 2.75) is 30.7 Å². The number of fused-ring (bicyclic) bond motifs is 1. The van der Waals surface area contributed by atoms with Crippen LogP contribution in [0.1, 0.15) is 29.8 Å². The highest BCUT2D eigenvalue weighted by atomic mass is 35.5. The van der Waals surface area contributed by atoms with Crippen molar-refractivity contribution in [2.75, 3.05) is 33.4 Å². The largest absolute Gasteiger partial charge is 0.493 e. The van der Waals surface area contributed by atoms with E-state index in [-0.39, 0.29) is 36.5 Å². The average molecular weight is 549 g/mol. The summed E-state index contributed by atoms with van der Waals surface area (Å²) in [6.07, 6.45) is 1.30. The summed E-state index contributed by atoms with van der Waals surface area (Å²) < 4.78 is 39.5. The normalized spacial score (nSPS) is 15.6. The zero-order valence-corrected chi connectivity index (χ0v) is 22.6. The fraction of sp³-hybridized carbons (Fsp3) is 0.346. The molecule has 0 radical (unpaired) electrons. The number of sulfonamides is 1. The molecule has 0 saturated carbocycles. The highest BCUT2D eigenvalue weighted by molar-refractivity contribution is 7.89. The lowest BCUT2D eigenvalue weighted by Crippen LogP contribution is -2.48. The lowest BCUT2D eigenvalue weighted by molar-refractivity contribution is -0.135. The molecule has 0 bridgehead atoms. The Balaban J connectivity index is 1.57. The van der Waals surface area contributed by atoms with Crippen LogP contribution in [-0.4, -0.2) is 56.9 Å². The second-order valence-corrected chi connectivity index (χ2v) is 11.8. The average Bonchev–Trinajstić information content (AvgIpc) is 3.36. The molecule has 2 aromatic carbocycles. The quantitative estimate of drug-likeness (QED) is 0.356. The molecule has 4 rings (SSSR count). The maximum absolute atomic E-state index is 13.6. The third kappa shape index (κ3) is 5.70. The molecule has 1 amide bonds. The minimum absolute atomic E-state index is 0.114. The molecule has 1 atom stereocenters. The molecule has 0 saturated heterocycles. The summed E-state index contributed by atoms with van der Waals surface area (Å²) in [6.45, 7) is 2.60. The van der Waals surface area contributed by atoms with Gasteiger partial charge < -0.3 is 14.4 Å². The highest BCUT2D eigenvalue weighted by Crippen LogP contribution is 2.35. The summed E-state index contributed by atoms with van der Waals surface area (Å²) in [7, 11) is -2.28. The smallest absolute Gasteiger partial charge is 0.243 e. The van der Waals surface area contributed by atoms with Gasteiger partial charge in [-0.15, -0.1) is 11.3 Å². The summed E-state index contributed by atoms with van der Waals surface area (Å²) >= 11 is 7.60. The number of hydrogen-bond acceptors (Lipinski definition) is 6. The molecule has 7 nitrogen and oxygen atoms in total. The fourth-order valence-corrected chi connectivity index (χ4v) is 6.85. The lowest BCUT2D eigenvalue weighted by Gasteiger charge is -2.37. The van der Waals surface area contributed by atoms with Crippen LogP contribution in [0.4, 0.5) is 0 Å². The first-order valence-corrected chi connectivity index (χ1v) is 14.4. The molecule has 36 heavy (non-hydrogen) atoms. The number of para-hydroxylation sites is 2. The van der Waals surface area contributed by atoms with Gasteiger partial charge in [0.15, 0.2) is 11.5 Å². The molecule has 2 heterocycles. The van der Waals surface area contributed by atoms with Crippen molar-refractivity contribution in [2.24, 2.45) is 0 Å². The van der Waals surface area contributed by atoms with Crippen molar-refractivity contribution in [1.29, 1.82) is 0 Å². The van der Waals surface area contributed by atoms with E-state index in [0.29, 0.717) is 29.5 Å². The van der Waals surface area contributed by atoms with Gasteiger partial charge in [-0.2, -0.15) is 4.31 Å². The topological polar surface area (TPSA) is 76.2 Å². The van der Waals surface area contributed by atoms with Crippen molar-refractivity contribution >= 4 is 38.9 Å². The maximum Gasteiger partial charge on any atom is 0.243 e. The first kappa shape index (κ1) is 26.5. The van der Waals surface area contributed by atoms with Gasteiger partial charge in [0.25, 0.3) is 0 Å². The van der Waals surface area contributed by atoms with E-state index < -0.39 is 10.0 Å². The van der Waals surface area contributed by atoms with Gasteiger partial charge in [-0.1, -0.05) is 30.7 Å². The molecule has 1 aliphatic heterocycles. The number of thiophene rings is 1. The number of halogens is 1. The lowest BCUT2D eigenvalue weighted by atomic mass is 10.0. The molecular formula is C26H29ClN2O5S2. The number of ether oxygens (including phenoxy) is 2. The van der Waals surface area contributed by atoms with Crippen LogP contribution in [-0.2, 0) is 21.2 Å². The second-order valence-electron chi connectivity index (χ2n) is 8.41. The number of amides is 1. The summed E-state index contributed by atoms with van der Waals surface area (Å²) in [5.74, 6) is 0.944. The van der Waals surface area contributed by atoms with Crippen molar-refractivity contribution in [3.05, 3.63) is 75.4 Å². The molecule has 0 spiro atoms. The van der Waals surface area contributed by atoms with E-state index >= 15 is 0 Å². The number of carbonyl (C=O) groups excluding carboxylic acids is 1. The van der Waals surface area contributed by atoms with E-state index in [2.05, 4.69) is 0 Å². The van der Waals surface area contributed by atoms with Crippen molar-refractivity contribution in [1.82, 2.24) is 9.21 Å². The molecule has 1 aromatic heterocycles. The Morgan fingerprint density at radius 1 is 1.14 bits per heavy atom. The van der Waals surface area contributed by atoms with Gasteiger partial charge in [0, 0.05) is 23.0 Å². The highest BCUT2D eigenvalue weighted by Gasteiger charge is 2.35. The Morgan fingerprint density at radius 3 is 2.56 bits per heavy atom. The van der Waals surface area contributed by atoms with Crippen LogP contribution >= 0.6 is 22.9 Å². The van der Waals surface area contributed by atoms with Crippen LogP contribution in [0.3, 0.4) is 0 Å². The molecule has 0 fully saturated rings. The van der Waals surface area contributed by atoms with Crippen LogP contribution in [0.5, 0.6) is 11.5 Å². The minimum atomic E-state index is -3.86. The number of methoxy groups -OCH3 is 1. The van der Waals surface area contributed by atoms with Crippen LogP contribution in [0.2, 0.25) is 5.02 Å². The molecule has 0 unspecified atom stereocenters. The van der Waals surface area contributed by atoms with E-state index in [1.165, 1.54) is 33.4 Å². The third-order valence-corrected chi connectivity index (χ3v) is 9.22. The van der Waals surface area contributed by atoms with Crippen molar-refractivity contribution in [3.8, 4) is 11.5 Å². The molecule has 0 aliphatic carbocycles. The zero-order valence-electron chi connectivity index (χ0n) is 20.2. The number of hydrogen-bond donors (Lipinski definition) is 0. The SMILES string of the molecule is CCCN(CC(=O)N1CCc2sccc2[C@@H]1COc1ccccc1OC)S(=O)(=O)c1ccc(Cl)cc1. The molecule has 10 heteroatoms. The number of nitrogens with zero attached hydrogens (tertiary/aromatic N) is 2. The fourth-order valence-electron chi connectivity index (χ4n) is 4.31. The Labute approximate surface area is 221 Å². The minimum Gasteiger partial charge on any atom is -0.493 e. The standard InChI is InChI=1S/C26H29ClN2O5S2/c1-3-14-28(36(31,32)20-10-8-19(27)9-11-20)17-26(30)29-15-12-25-21(13-16-35-25)22(29)18-34-24-7-5-4-6-23(24)33-2/h4-11,13,16,22H,3,12,14-15,17-18H2,1-2H3/t22-/m0/s1. The Kier molecular flexibility index (Phi) is 8.56. The summed E-state index contributed by atoms with van der Waals surface area (Å²) in [4.78, 5) is 16.7. The van der Waals surface area contributed by atoms with Gasteiger partial charge in [0.1, 0.15) is 6.61 Å². The summed E-state index contributed by atoms with van der Waals surface area (Å²) in [5, 5.41) is 2.47. The molecular weight excluding hydrogens is 520 g/mol. The van der Waals surface area contributed by atoms with Crippen LogP contribution in [0.25, 0.3) is 0 Å². The summed E-state index contributed by atoms with van der Waals surface area (Å²) in [6, 6.07) is 15.1. The monoisotopic (exact) mass is 548 g/mol. The number of carbonyl (C=O) groups is 1.